The molecule has 2 saturated heterocycles. The first-order valence-corrected chi connectivity index (χ1v) is 9.32. The van der Waals surface area contributed by atoms with Crippen LogP contribution in [0.4, 0.5) is 0 Å². The number of hydrogen-bond donors (Lipinski definition) is 1. The van der Waals surface area contributed by atoms with Crippen LogP contribution in [-0.4, -0.2) is 54.8 Å². The Labute approximate surface area is 126 Å². The van der Waals surface area contributed by atoms with Crippen LogP contribution in [0, 0.1) is 5.92 Å². The summed E-state index contributed by atoms with van der Waals surface area (Å²) < 4.78 is 23.6. The lowest BCUT2D eigenvalue weighted by atomic mass is 9.94. The Morgan fingerprint density at radius 3 is 2.62 bits per heavy atom. The largest absolute Gasteiger partial charge is 0.344 e. The molecule has 6 nitrogen and oxygen atoms in total. The molecule has 2 amide bonds. The van der Waals surface area contributed by atoms with E-state index in [0.717, 1.165) is 6.42 Å². The average molecular weight is 316 g/mol. The second-order valence-corrected chi connectivity index (χ2v) is 8.69. The van der Waals surface area contributed by atoms with Crippen molar-refractivity contribution in [3.05, 3.63) is 0 Å². The predicted molar refractivity (Wildman–Crippen MR) is 79.4 cm³/mol. The molecule has 2 rings (SSSR count). The number of hydrogen-bond acceptors (Lipinski definition) is 4. The number of carbonyl (C=O) groups excluding carboxylic acids is 2. The maximum absolute atomic E-state index is 12.8. The molecule has 0 bridgehead atoms. The lowest BCUT2D eigenvalue weighted by molar-refractivity contribution is -0.139. The van der Waals surface area contributed by atoms with Crippen molar-refractivity contribution in [2.24, 2.45) is 5.92 Å². The van der Waals surface area contributed by atoms with Crippen LogP contribution in [0.2, 0.25) is 0 Å². The zero-order valence-corrected chi connectivity index (χ0v) is 13.7. The maximum Gasteiger partial charge on any atom is 0.245 e. The molecule has 21 heavy (non-hydrogen) atoms. The van der Waals surface area contributed by atoms with Gasteiger partial charge < -0.3 is 10.2 Å². The molecule has 2 aliphatic rings. The Morgan fingerprint density at radius 2 is 2.10 bits per heavy atom. The lowest BCUT2D eigenvalue weighted by Crippen LogP contribution is -2.56. The van der Waals surface area contributed by atoms with Gasteiger partial charge >= 0.3 is 0 Å². The molecule has 120 valence electrons. The molecule has 3 unspecified atom stereocenters. The zero-order chi connectivity index (χ0) is 15.8. The van der Waals surface area contributed by atoms with E-state index in [4.69, 9.17) is 0 Å². The molecule has 2 aliphatic heterocycles. The van der Waals surface area contributed by atoms with Gasteiger partial charge in [0.05, 0.1) is 17.0 Å². The Kier molecular flexibility index (Phi) is 4.33. The van der Waals surface area contributed by atoms with Gasteiger partial charge in [0.25, 0.3) is 0 Å². The summed E-state index contributed by atoms with van der Waals surface area (Å²) in [5.74, 6) is -0.144. The van der Waals surface area contributed by atoms with Gasteiger partial charge in [0.2, 0.25) is 11.8 Å². The van der Waals surface area contributed by atoms with Crippen LogP contribution >= 0.6 is 0 Å². The van der Waals surface area contributed by atoms with Crippen molar-refractivity contribution in [1.82, 2.24) is 10.2 Å². The van der Waals surface area contributed by atoms with Crippen LogP contribution in [0.25, 0.3) is 0 Å². The quantitative estimate of drug-likeness (QED) is 0.813. The normalized spacial score (nSPS) is 34.4. The molecule has 0 spiro atoms. The second kappa shape index (κ2) is 5.59. The highest BCUT2D eigenvalue weighted by molar-refractivity contribution is 7.91. The summed E-state index contributed by atoms with van der Waals surface area (Å²) in [5.41, 5.74) is -0.687. The van der Waals surface area contributed by atoms with Crippen molar-refractivity contribution in [2.75, 3.05) is 18.1 Å². The molecule has 0 aromatic rings. The molecule has 3 atom stereocenters. The van der Waals surface area contributed by atoms with E-state index in [1.54, 1.807) is 4.90 Å². The smallest absolute Gasteiger partial charge is 0.245 e. The first kappa shape index (κ1) is 16.3. The molecule has 7 heteroatoms. The first-order chi connectivity index (χ1) is 9.68. The second-order valence-electron chi connectivity index (χ2n) is 6.51. The van der Waals surface area contributed by atoms with E-state index in [-0.39, 0.29) is 35.7 Å². The molecule has 2 fully saturated rings. The molecule has 0 aromatic carbocycles. The molecule has 0 saturated carbocycles. The van der Waals surface area contributed by atoms with Crippen molar-refractivity contribution in [3.63, 3.8) is 0 Å². The lowest BCUT2D eigenvalue weighted by Gasteiger charge is -2.38. The minimum atomic E-state index is -3.09. The van der Waals surface area contributed by atoms with E-state index >= 15 is 0 Å². The third-order valence-corrected chi connectivity index (χ3v) is 6.65. The van der Waals surface area contributed by atoms with Crippen LogP contribution in [0.15, 0.2) is 0 Å². The summed E-state index contributed by atoms with van der Waals surface area (Å²) >= 11 is 0. The van der Waals surface area contributed by atoms with E-state index in [2.05, 4.69) is 5.32 Å². The maximum atomic E-state index is 12.8. The summed E-state index contributed by atoms with van der Waals surface area (Å²) in [5, 5.41) is 2.79. The summed E-state index contributed by atoms with van der Waals surface area (Å²) in [7, 11) is -3.09. The molecule has 0 aliphatic carbocycles. The van der Waals surface area contributed by atoms with Gasteiger partial charge in [-0.05, 0) is 19.3 Å². The third-order valence-electron chi connectivity index (χ3n) is 4.76. The summed E-state index contributed by atoms with van der Waals surface area (Å²) in [6.45, 7) is 6.02. The number of carbonyl (C=O) groups is 2. The highest BCUT2D eigenvalue weighted by Crippen LogP contribution is 2.31. The predicted octanol–water partition coefficient (Wildman–Crippen LogP) is 0.327. The van der Waals surface area contributed by atoms with Crippen LogP contribution in [0.5, 0.6) is 0 Å². The fourth-order valence-electron chi connectivity index (χ4n) is 3.16. The molecule has 0 radical (unpaired) electrons. The van der Waals surface area contributed by atoms with Gasteiger partial charge in [-0.1, -0.05) is 20.3 Å². The average Bonchev–Trinajstić information content (AvgIpc) is 2.59. The Balaban J connectivity index is 2.30. The fraction of sp³-hybridized carbons (Fsp3) is 0.857. The van der Waals surface area contributed by atoms with Gasteiger partial charge in [-0.25, -0.2) is 8.42 Å². The van der Waals surface area contributed by atoms with Gasteiger partial charge in [-0.2, -0.15) is 0 Å². The number of sulfone groups is 1. The van der Waals surface area contributed by atoms with Crippen LogP contribution < -0.4 is 5.32 Å². The van der Waals surface area contributed by atoms with E-state index in [0.29, 0.717) is 13.0 Å². The van der Waals surface area contributed by atoms with E-state index in [1.807, 2.05) is 20.8 Å². The standard InChI is InChI=1S/C14H24N2O4S/c1-4-10(2)12-13(18)16(7-5-11(17)15-12)14(3)6-8-21(19,20)9-14/h10,12H,4-9H2,1-3H3,(H,15,17). The monoisotopic (exact) mass is 316 g/mol. The summed E-state index contributed by atoms with van der Waals surface area (Å²) in [4.78, 5) is 26.3. The molecule has 0 aromatic heterocycles. The molecule has 1 N–H and O–H groups in total. The highest BCUT2D eigenvalue weighted by Gasteiger charge is 2.47. The fourth-order valence-corrected chi connectivity index (χ4v) is 5.31. The van der Waals surface area contributed by atoms with Gasteiger partial charge in [0, 0.05) is 13.0 Å². The first-order valence-electron chi connectivity index (χ1n) is 7.50. The summed E-state index contributed by atoms with van der Waals surface area (Å²) in [6.07, 6.45) is 1.45. The van der Waals surface area contributed by atoms with Crippen molar-refractivity contribution < 1.29 is 18.0 Å². The van der Waals surface area contributed by atoms with Crippen molar-refractivity contribution >= 4 is 21.7 Å². The van der Waals surface area contributed by atoms with Crippen molar-refractivity contribution in [1.29, 1.82) is 0 Å². The molecule has 2 heterocycles. The minimum Gasteiger partial charge on any atom is -0.344 e. The van der Waals surface area contributed by atoms with Gasteiger partial charge in [-0.15, -0.1) is 0 Å². The van der Waals surface area contributed by atoms with Gasteiger partial charge in [-0.3, -0.25) is 9.59 Å². The van der Waals surface area contributed by atoms with Crippen LogP contribution in [0.3, 0.4) is 0 Å². The van der Waals surface area contributed by atoms with Crippen LogP contribution in [-0.2, 0) is 19.4 Å². The van der Waals surface area contributed by atoms with E-state index in [1.165, 1.54) is 0 Å². The number of nitrogens with zero attached hydrogens (tertiary/aromatic N) is 1. The van der Waals surface area contributed by atoms with Crippen molar-refractivity contribution in [3.8, 4) is 0 Å². The van der Waals surface area contributed by atoms with E-state index in [9.17, 15) is 18.0 Å². The van der Waals surface area contributed by atoms with Gasteiger partial charge in [0.1, 0.15) is 6.04 Å². The topological polar surface area (TPSA) is 83.6 Å². The Bertz CT molecular complexity index is 545. The minimum absolute atomic E-state index is 0.00679. The SMILES string of the molecule is CCC(C)C1NC(=O)CCN(C2(C)CCS(=O)(=O)C2)C1=O. The number of nitrogens with one attached hydrogen (secondary N) is 1. The van der Waals surface area contributed by atoms with E-state index < -0.39 is 21.4 Å². The number of amides is 2. The van der Waals surface area contributed by atoms with Crippen LogP contribution in [0.1, 0.15) is 40.0 Å². The summed E-state index contributed by atoms with van der Waals surface area (Å²) in [6, 6.07) is -0.551. The zero-order valence-electron chi connectivity index (χ0n) is 12.9. The third kappa shape index (κ3) is 3.22. The van der Waals surface area contributed by atoms with Crippen molar-refractivity contribution in [2.45, 2.75) is 51.6 Å². The highest BCUT2D eigenvalue weighted by atomic mass is 32.2. The Hall–Kier alpha value is -1.11. The number of rotatable bonds is 3. The van der Waals surface area contributed by atoms with Gasteiger partial charge in [0.15, 0.2) is 9.84 Å². The Morgan fingerprint density at radius 1 is 1.43 bits per heavy atom. The molecular formula is C14H24N2O4S. The molecular weight excluding hydrogens is 292 g/mol.